The fraction of sp³-hybridized carbons (Fsp3) is 1.00. The van der Waals surface area contributed by atoms with E-state index in [1.807, 2.05) is 0 Å². The van der Waals surface area contributed by atoms with Crippen LogP contribution in [-0.2, 0) is 18.1 Å². The summed E-state index contributed by atoms with van der Waals surface area (Å²) < 4.78 is 262. The van der Waals surface area contributed by atoms with E-state index in [-0.39, 0.29) is 0 Å². The van der Waals surface area contributed by atoms with Gasteiger partial charge in [0.15, 0.2) is 40.0 Å². The lowest BCUT2D eigenvalue weighted by molar-refractivity contribution is -0.252. The van der Waals surface area contributed by atoms with E-state index < -0.39 is 102 Å². The minimum absolute atomic E-state index is 3.08. The molecule has 0 fully saturated rings. The van der Waals surface area contributed by atoms with E-state index in [0.29, 0.717) is 0 Å². The van der Waals surface area contributed by atoms with Crippen molar-refractivity contribution in [3.8, 4) is 0 Å². The molecule has 0 unspecified atom stereocenters. The minimum Gasteiger partial charge on any atom is -0.270 e. The van der Waals surface area contributed by atoms with E-state index >= 15 is 0 Å². The minimum atomic E-state index is -7.93. The molecule has 0 amide bonds. The highest BCUT2D eigenvalue weighted by molar-refractivity contribution is 7.48. The van der Waals surface area contributed by atoms with Gasteiger partial charge in [0.25, 0.3) is 0 Å². The van der Waals surface area contributed by atoms with Crippen molar-refractivity contribution in [3.05, 3.63) is 0 Å². The molecule has 0 spiro atoms. The molecule has 0 aliphatic carbocycles. The van der Waals surface area contributed by atoms with Crippen LogP contribution in [0.25, 0.3) is 0 Å². The number of halogens is 18. The summed E-state index contributed by atoms with van der Waals surface area (Å²) in [6, 6.07) is 0. The predicted octanol–water partition coefficient (Wildman–Crippen LogP) is 6.88. The van der Waals surface area contributed by atoms with E-state index in [4.69, 9.17) is 0 Å². The van der Waals surface area contributed by atoms with Gasteiger partial charge in [0.2, 0.25) is 18.3 Å². The summed E-state index contributed by atoms with van der Waals surface area (Å²) in [6.07, 6.45) is -15.2. The fourth-order valence-corrected chi connectivity index (χ4v) is 4.12. The van der Waals surface area contributed by atoms with Gasteiger partial charge in [-0.15, -0.1) is 0 Å². The lowest BCUT2D eigenvalue weighted by atomic mass is 10.1. The molecule has 0 radical (unpaired) electrons. The third kappa shape index (κ3) is 8.67. The molecule has 0 N–H and O–H groups in total. The van der Waals surface area contributed by atoms with Crippen LogP contribution in [0.1, 0.15) is 0 Å². The second kappa shape index (κ2) is 12.6. The molecule has 0 rings (SSSR count). The first-order valence-corrected chi connectivity index (χ1v) is 10.6. The van der Waals surface area contributed by atoms with Gasteiger partial charge in [-0.25, -0.2) is 83.6 Å². The average Bonchev–Trinajstić information content (AvgIpc) is 2.84. The molecule has 0 atom stereocenters. The molecule has 0 aliphatic heterocycles. The summed E-state index contributed by atoms with van der Waals surface area (Å²) in [6.45, 7) is -20.5. The number of alkyl halides is 18. The molecule has 38 heavy (non-hydrogen) atoms. The second-order valence-electron chi connectivity index (χ2n) is 7.27. The van der Waals surface area contributed by atoms with Crippen LogP contribution in [0.2, 0.25) is 0 Å². The summed E-state index contributed by atoms with van der Waals surface area (Å²) in [5.41, 5.74) is 0. The van der Waals surface area contributed by atoms with Crippen molar-refractivity contribution in [2.45, 2.75) is 53.8 Å². The summed E-state index contributed by atoms with van der Waals surface area (Å²) in [5, 5.41) is 0. The van der Waals surface area contributed by atoms with Gasteiger partial charge in [-0.1, -0.05) is 0 Å². The topological polar surface area (TPSA) is 44.8 Å². The number of hydrogen-bond donors (Lipinski definition) is 0. The van der Waals surface area contributed by atoms with Crippen LogP contribution < -0.4 is 0 Å². The van der Waals surface area contributed by atoms with Gasteiger partial charge >= 0.3 is 43.4 Å². The highest BCUT2D eigenvalue weighted by atomic mass is 31.2. The van der Waals surface area contributed by atoms with Crippen molar-refractivity contribution in [1.29, 1.82) is 0 Å². The largest absolute Gasteiger partial charge is 0.476 e. The molecule has 0 saturated carbocycles. The predicted molar refractivity (Wildman–Crippen MR) is 87.8 cm³/mol. The monoisotopic (exact) mass is 632 g/mol. The van der Waals surface area contributed by atoms with E-state index in [2.05, 4.69) is 13.6 Å². The molecule has 0 bridgehead atoms. The Bertz CT molecular complexity index is 648. The maximum Gasteiger partial charge on any atom is 0.476 e. The maximum absolute atomic E-state index is 13.7. The maximum atomic E-state index is 13.7. The van der Waals surface area contributed by atoms with Crippen LogP contribution in [0.5, 0.6) is 0 Å². The van der Waals surface area contributed by atoms with Crippen LogP contribution in [0.15, 0.2) is 0 Å². The molecular formula is C15H15F18O4P. The first-order chi connectivity index (χ1) is 16.9. The summed E-state index contributed by atoms with van der Waals surface area (Å²) in [5.74, 6) is -35.5. The average molecular weight is 632 g/mol. The van der Waals surface area contributed by atoms with Crippen LogP contribution >= 0.6 is 7.82 Å². The number of phosphoric ester groups is 1. The summed E-state index contributed by atoms with van der Waals surface area (Å²) in [7, 11) is -7.93. The number of hydrogen-bond acceptors (Lipinski definition) is 4. The Hall–Kier alpha value is -1.15. The van der Waals surface area contributed by atoms with E-state index in [0.717, 1.165) is 0 Å². The first kappa shape index (κ1) is 36.8. The highest BCUT2D eigenvalue weighted by Crippen LogP contribution is 2.61. The quantitative estimate of drug-likeness (QED) is 0.122. The van der Waals surface area contributed by atoms with Gasteiger partial charge in [0.1, 0.15) is 0 Å². The Labute approximate surface area is 200 Å². The van der Waals surface area contributed by atoms with Gasteiger partial charge in [0.05, 0.1) is 0 Å². The summed E-state index contributed by atoms with van der Waals surface area (Å²) >= 11 is 0. The molecule has 0 heterocycles. The lowest BCUT2D eigenvalue weighted by Gasteiger charge is -2.38. The fourth-order valence-electron chi connectivity index (χ4n) is 2.27. The molecule has 0 aromatic rings. The van der Waals surface area contributed by atoms with Crippen molar-refractivity contribution >= 4 is 7.82 Å². The number of phosphoric acid groups is 1. The highest BCUT2D eigenvalue weighted by Gasteiger charge is 2.66. The Balaban J connectivity index is 7.29. The van der Waals surface area contributed by atoms with Gasteiger partial charge in [-0.3, -0.25) is 13.6 Å². The second-order valence-corrected chi connectivity index (χ2v) is 8.80. The molecular weight excluding hydrogens is 617 g/mol. The third-order valence-electron chi connectivity index (χ3n) is 4.07. The Morgan fingerprint density at radius 3 is 0.632 bits per heavy atom. The Kier molecular flexibility index (Phi) is 12.2. The molecule has 0 saturated heterocycles. The molecule has 0 aliphatic rings. The van der Waals surface area contributed by atoms with Crippen molar-refractivity contribution in [3.63, 3.8) is 0 Å². The molecule has 0 aromatic heterocycles. The molecule has 230 valence electrons. The van der Waals surface area contributed by atoms with Crippen LogP contribution in [0, 0.1) is 0 Å². The molecule has 0 aromatic carbocycles. The van der Waals surface area contributed by atoms with Crippen LogP contribution in [-0.4, -0.2) is 93.9 Å². The zero-order valence-corrected chi connectivity index (χ0v) is 18.8. The number of rotatable bonds is 18. The third-order valence-corrected chi connectivity index (χ3v) is 5.48. The SMILES string of the molecule is O=P(OC(C(F)(F)CF)C(F)(F)CF)(OC(C(F)(F)CF)C(F)(F)CF)OC(C(F)(F)CF)C(F)(F)CF. The van der Waals surface area contributed by atoms with Gasteiger partial charge in [-0.05, 0) is 0 Å². The lowest BCUT2D eigenvalue weighted by Crippen LogP contribution is -2.55. The van der Waals surface area contributed by atoms with Crippen molar-refractivity contribution in [1.82, 2.24) is 0 Å². The Morgan fingerprint density at radius 2 is 0.526 bits per heavy atom. The molecule has 4 nitrogen and oxygen atoms in total. The zero-order valence-electron chi connectivity index (χ0n) is 17.9. The van der Waals surface area contributed by atoms with E-state index in [1.165, 1.54) is 0 Å². The van der Waals surface area contributed by atoms with Crippen LogP contribution in [0.3, 0.4) is 0 Å². The Morgan fingerprint density at radius 1 is 0.395 bits per heavy atom. The standard InChI is InChI=1S/C15H15F18O4P/c16-1-10(22,23)7(11(24,25)2-17)35-38(34,36-8(12(26,27)3-18)13(28,29)4-19)37-9(14(30,31)5-20)15(32,33)6-21/h7-9H,1-6H2. The zero-order chi connectivity index (χ0) is 30.6. The summed E-state index contributed by atoms with van der Waals surface area (Å²) in [4.78, 5) is 0. The van der Waals surface area contributed by atoms with E-state index in [1.54, 1.807) is 0 Å². The van der Waals surface area contributed by atoms with Crippen molar-refractivity contribution < 1.29 is 97.2 Å². The van der Waals surface area contributed by atoms with Crippen molar-refractivity contribution in [2.24, 2.45) is 0 Å². The van der Waals surface area contributed by atoms with Crippen molar-refractivity contribution in [2.75, 3.05) is 40.0 Å². The van der Waals surface area contributed by atoms with E-state index in [9.17, 15) is 83.6 Å². The van der Waals surface area contributed by atoms with Gasteiger partial charge in [-0.2, -0.15) is 0 Å². The van der Waals surface area contributed by atoms with Gasteiger partial charge in [0, 0.05) is 0 Å². The first-order valence-electron chi connectivity index (χ1n) is 9.16. The molecule has 23 heteroatoms. The smallest absolute Gasteiger partial charge is 0.270 e. The normalized spacial score (nSPS) is 15.3. The van der Waals surface area contributed by atoms with Gasteiger partial charge < -0.3 is 0 Å². The van der Waals surface area contributed by atoms with Crippen LogP contribution in [0.4, 0.5) is 79.0 Å².